The van der Waals surface area contributed by atoms with Crippen LogP contribution in [0.15, 0.2) is 12.1 Å². The molecule has 0 heterocycles. The number of hydrogen-bond donors (Lipinski definition) is 1. The zero-order chi connectivity index (χ0) is 11.4. The molecular formula is C10H10Cl2FNO. The Hall–Kier alpha value is -0.800. The van der Waals surface area contributed by atoms with Gasteiger partial charge in [-0.05, 0) is 48.2 Å². The Morgan fingerprint density at radius 3 is 2.80 bits per heavy atom. The van der Waals surface area contributed by atoms with Crippen molar-refractivity contribution in [2.75, 3.05) is 6.54 Å². The third-order valence-electron chi connectivity index (χ3n) is 1.99. The minimum atomic E-state index is -0.626. The molecule has 0 saturated carbocycles. The van der Waals surface area contributed by atoms with Crippen molar-refractivity contribution in [3.05, 3.63) is 34.1 Å². The number of halogens is 3. The van der Waals surface area contributed by atoms with Crippen LogP contribution in [-0.2, 0) is 6.42 Å². The molecule has 2 nitrogen and oxygen atoms in total. The largest absolute Gasteiger partial charge is 0.342 e. The molecule has 0 saturated heterocycles. The summed E-state index contributed by atoms with van der Waals surface area (Å²) in [6, 6.07) is 2.94. The van der Waals surface area contributed by atoms with Gasteiger partial charge < -0.3 is 5.32 Å². The summed E-state index contributed by atoms with van der Waals surface area (Å²) in [6.07, 6.45) is 0.453. The molecule has 0 aliphatic carbocycles. The van der Waals surface area contributed by atoms with E-state index in [1.165, 1.54) is 6.07 Å². The van der Waals surface area contributed by atoms with Gasteiger partial charge in [-0.15, -0.1) is 0 Å². The van der Waals surface area contributed by atoms with Crippen LogP contribution < -0.4 is 5.32 Å². The second kappa shape index (κ2) is 5.33. The van der Waals surface area contributed by atoms with E-state index >= 15 is 0 Å². The molecule has 0 aliphatic heterocycles. The van der Waals surface area contributed by atoms with Crippen LogP contribution in [0.4, 0.5) is 9.18 Å². The Balaban J connectivity index is 2.69. The van der Waals surface area contributed by atoms with E-state index in [0.717, 1.165) is 0 Å². The zero-order valence-electron chi connectivity index (χ0n) is 8.11. The molecule has 1 rings (SSSR count). The Labute approximate surface area is 97.4 Å². The van der Waals surface area contributed by atoms with E-state index in [0.29, 0.717) is 29.1 Å². The fraction of sp³-hybridized carbons (Fsp3) is 0.300. The van der Waals surface area contributed by atoms with E-state index in [2.05, 4.69) is 5.32 Å². The van der Waals surface area contributed by atoms with Gasteiger partial charge in [0.15, 0.2) is 0 Å². The number of hydrogen-bond acceptors (Lipinski definition) is 1. The normalized spacial score (nSPS) is 10.1. The summed E-state index contributed by atoms with van der Waals surface area (Å²) in [6.45, 7) is 1.98. The monoisotopic (exact) mass is 249 g/mol. The SMILES string of the molecule is Cc1cc(Cl)c(CCNC(=O)Cl)cc1F. The molecule has 0 radical (unpaired) electrons. The molecule has 0 spiro atoms. The van der Waals surface area contributed by atoms with Crippen molar-refractivity contribution in [2.45, 2.75) is 13.3 Å². The predicted octanol–water partition coefficient (Wildman–Crippen LogP) is 3.28. The summed E-state index contributed by atoms with van der Waals surface area (Å²) in [5, 5.41) is 2.27. The number of carbonyl (C=O) groups is 1. The van der Waals surface area contributed by atoms with Gasteiger partial charge in [0, 0.05) is 11.6 Å². The first-order valence-electron chi connectivity index (χ1n) is 4.38. The molecule has 0 atom stereocenters. The Morgan fingerprint density at radius 2 is 2.20 bits per heavy atom. The van der Waals surface area contributed by atoms with E-state index < -0.39 is 5.37 Å². The van der Waals surface area contributed by atoms with Crippen molar-refractivity contribution in [1.29, 1.82) is 0 Å². The number of nitrogens with one attached hydrogen (secondary N) is 1. The molecule has 1 amide bonds. The lowest BCUT2D eigenvalue weighted by Crippen LogP contribution is -2.19. The number of carbonyl (C=O) groups excluding carboxylic acids is 1. The van der Waals surface area contributed by atoms with E-state index in [9.17, 15) is 9.18 Å². The molecule has 1 aromatic carbocycles. The zero-order valence-corrected chi connectivity index (χ0v) is 9.62. The molecule has 1 N–H and O–H groups in total. The van der Waals surface area contributed by atoms with Gasteiger partial charge in [-0.25, -0.2) is 4.39 Å². The fourth-order valence-corrected chi connectivity index (χ4v) is 1.58. The van der Waals surface area contributed by atoms with Crippen molar-refractivity contribution in [3.63, 3.8) is 0 Å². The van der Waals surface area contributed by atoms with Crippen LogP contribution in [0.5, 0.6) is 0 Å². The molecule has 0 aromatic heterocycles. The van der Waals surface area contributed by atoms with Crippen LogP contribution in [0.3, 0.4) is 0 Å². The van der Waals surface area contributed by atoms with E-state index in [1.54, 1.807) is 13.0 Å². The van der Waals surface area contributed by atoms with Gasteiger partial charge in [0.25, 0.3) is 0 Å². The molecule has 1 aromatic rings. The first-order chi connectivity index (χ1) is 7.00. The maximum absolute atomic E-state index is 13.2. The van der Waals surface area contributed by atoms with Gasteiger partial charge in [0.05, 0.1) is 0 Å². The van der Waals surface area contributed by atoms with Crippen LogP contribution in [0.25, 0.3) is 0 Å². The minimum absolute atomic E-state index is 0.299. The van der Waals surface area contributed by atoms with Gasteiger partial charge in [-0.3, -0.25) is 4.79 Å². The summed E-state index contributed by atoms with van der Waals surface area (Å²) in [4.78, 5) is 10.4. The summed E-state index contributed by atoms with van der Waals surface area (Å²) < 4.78 is 13.2. The van der Waals surface area contributed by atoms with E-state index in [1.807, 2.05) is 0 Å². The van der Waals surface area contributed by atoms with Crippen molar-refractivity contribution in [2.24, 2.45) is 0 Å². The third-order valence-corrected chi connectivity index (χ3v) is 2.47. The molecule has 0 aliphatic rings. The molecule has 15 heavy (non-hydrogen) atoms. The molecule has 0 bridgehead atoms. The predicted molar refractivity (Wildman–Crippen MR) is 59.1 cm³/mol. The van der Waals surface area contributed by atoms with Crippen LogP contribution in [-0.4, -0.2) is 11.9 Å². The summed E-state index contributed by atoms with van der Waals surface area (Å²) in [5.41, 5.74) is 1.16. The highest BCUT2D eigenvalue weighted by Crippen LogP contribution is 2.20. The minimum Gasteiger partial charge on any atom is -0.342 e. The fourth-order valence-electron chi connectivity index (χ4n) is 1.17. The van der Waals surface area contributed by atoms with E-state index in [4.69, 9.17) is 23.2 Å². The van der Waals surface area contributed by atoms with Crippen LogP contribution in [0, 0.1) is 12.7 Å². The smallest absolute Gasteiger partial charge is 0.313 e. The second-order valence-corrected chi connectivity index (χ2v) is 3.89. The lowest BCUT2D eigenvalue weighted by Gasteiger charge is -2.06. The van der Waals surface area contributed by atoms with Gasteiger partial charge >= 0.3 is 5.37 Å². The second-order valence-electron chi connectivity index (χ2n) is 3.14. The van der Waals surface area contributed by atoms with Crippen LogP contribution >= 0.6 is 23.2 Å². The van der Waals surface area contributed by atoms with Gasteiger partial charge in [-0.2, -0.15) is 0 Å². The quantitative estimate of drug-likeness (QED) is 0.647. The lowest BCUT2D eigenvalue weighted by molar-refractivity contribution is 0.260. The molecule has 82 valence electrons. The number of benzene rings is 1. The highest BCUT2D eigenvalue weighted by Gasteiger charge is 2.05. The first-order valence-corrected chi connectivity index (χ1v) is 5.14. The van der Waals surface area contributed by atoms with Crippen molar-refractivity contribution < 1.29 is 9.18 Å². The first kappa shape index (κ1) is 12.3. The maximum Gasteiger partial charge on any atom is 0.313 e. The van der Waals surface area contributed by atoms with Crippen molar-refractivity contribution >= 4 is 28.6 Å². The standard InChI is InChI=1S/C10H10Cl2FNO/c1-6-4-8(11)7(5-9(6)13)2-3-14-10(12)15/h4-5H,2-3H2,1H3,(H,14,15). The summed E-state index contributed by atoms with van der Waals surface area (Å²) in [7, 11) is 0. The van der Waals surface area contributed by atoms with Crippen molar-refractivity contribution in [1.82, 2.24) is 5.32 Å². The highest BCUT2D eigenvalue weighted by atomic mass is 35.5. The molecule has 5 heteroatoms. The van der Waals surface area contributed by atoms with Gasteiger partial charge in [0.1, 0.15) is 5.82 Å². The average molecular weight is 250 g/mol. The lowest BCUT2D eigenvalue weighted by atomic mass is 10.1. The number of aryl methyl sites for hydroxylation is 1. The van der Waals surface area contributed by atoms with Gasteiger partial charge in [-0.1, -0.05) is 11.6 Å². The molecular weight excluding hydrogens is 240 g/mol. The third kappa shape index (κ3) is 3.68. The summed E-state index contributed by atoms with van der Waals surface area (Å²) in [5.74, 6) is -0.299. The topological polar surface area (TPSA) is 29.1 Å². The number of amides is 1. The van der Waals surface area contributed by atoms with Crippen LogP contribution in [0.2, 0.25) is 5.02 Å². The maximum atomic E-state index is 13.2. The van der Waals surface area contributed by atoms with Crippen molar-refractivity contribution in [3.8, 4) is 0 Å². The Bertz CT molecular complexity index is 382. The highest BCUT2D eigenvalue weighted by molar-refractivity contribution is 6.62. The molecule has 0 unspecified atom stereocenters. The summed E-state index contributed by atoms with van der Waals surface area (Å²) >= 11 is 11.0. The Morgan fingerprint density at radius 1 is 1.53 bits per heavy atom. The van der Waals surface area contributed by atoms with Gasteiger partial charge in [0.2, 0.25) is 0 Å². The Kier molecular flexibility index (Phi) is 4.36. The van der Waals surface area contributed by atoms with E-state index in [-0.39, 0.29) is 5.82 Å². The average Bonchev–Trinajstić information content (AvgIpc) is 2.13. The molecule has 0 fully saturated rings. The number of rotatable bonds is 3. The van der Waals surface area contributed by atoms with Crippen LogP contribution in [0.1, 0.15) is 11.1 Å².